The highest BCUT2D eigenvalue weighted by atomic mass is 16.1. The number of hydrogen-bond donors (Lipinski definition) is 2. The summed E-state index contributed by atoms with van der Waals surface area (Å²) in [6, 6.07) is 1.99. The van der Waals surface area contributed by atoms with E-state index in [1.54, 1.807) is 17.1 Å². The maximum atomic E-state index is 11.8. The van der Waals surface area contributed by atoms with Crippen LogP contribution in [0.4, 0.5) is 0 Å². The van der Waals surface area contributed by atoms with E-state index in [9.17, 15) is 4.79 Å². The van der Waals surface area contributed by atoms with Gasteiger partial charge in [0.1, 0.15) is 5.69 Å². The normalized spacial score (nSPS) is 12.4. The first-order chi connectivity index (χ1) is 8.54. The molecule has 2 heterocycles. The number of aromatic amines is 1. The maximum Gasteiger partial charge on any atom is 0.271 e. The van der Waals surface area contributed by atoms with Crippen LogP contribution >= 0.6 is 0 Å². The van der Waals surface area contributed by atoms with Crippen molar-refractivity contribution in [1.29, 1.82) is 0 Å². The first kappa shape index (κ1) is 12.3. The Bertz CT molecular complexity index is 542. The molecular formula is C12H17N5O. The number of carbonyl (C=O) groups excluding carboxylic acids is 1. The number of H-pyrrole nitrogens is 1. The summed E-state index contributed by atoms with van der Waals surface area (Å²) in [6.07, 6.45) is 4.00. The van der Waals surface area contributed by atoms with Gasteiger partial charge in [0.2, 0.25) is 0 Å². The molecule has 0 bridgehead atoms. The Hall–Kier alpha value is -2.11. The third-order valence-electron chi connectivity index (χ3n) is 2.59. The molecule has 1 amide bonds. The second-order valence-corrected chi connectivity index (χ2v) is 4.55. The van der Waals surface area contributed by atoms with E-state index in [1.165, 1.54) is 0 Å². The summed E-state index contributed by atoms with van der Waals surface area (Å²) in [5.41, 5.74) is 2.40. The van der Waals surface area contributed by atoms with Crippen molar-refractivity contribution >= 4 is 5.91 Å². The van der Waals surface area contributed by atoms with Crippen molar-refractivity contribution in [2.75, 3.05) is 0 Å². The van der Waals surface area contributed by atoms with Gasteiger partial charge in [0.05, 0.1) is 12.0 Å². The molecule has 6 heteroatoms. The summed E-state index contributed by atoms with van der Waals surface area (Å²) in [5.74, 6) is -0.157. The Kier molecular flexibility index (Phi) is 3.45. The van der Waals surface area contributed by atoms with Gasteiger partial charge in [-0.05, 0) is 19.9 Å². The Morgan fingerprint density at radius 2 is 2.39 bits per heavy atom. The molecule has 96 valence electrons. The van der Waals surface area contributed by atoms with Crippen molar-refractivity contribution in [3.05, 3.63) is 35.7 Å². The summed E-state index contributed by atoms with van der Waals surface area (Å²) in [6.45, 7) is 3.90. The fourth-order valence-corrected chi connectivity index (χ4v) is 1.77. The van der Waals surface area contributed by atoms with Gasteiger partial charge in [-0.3, -0.25) is 9.89 Å². The lowest BCUT2D eigenvalue weighted by Gasteiger charge is -2.11. The van der Waals surface area contributed by atoms with E-state index < -0.39 is 0 Å². The van der Waals surface area contributed by atoms with Gasteiger partial charge < -0.3 is 9.88 Å². The predicted octanol–water partition coefficient (Wildman–Crippen LogP) is 0.813. The second-order valence-electron chi connectivity index (χ2n) is 4.55. The Labute approximate surface area is 105 Å². The molecule has 2 aromatic heterocycles. The van der Waals surface area contributed by atoms with Crippen molar-refractivity contribution in [3.63, 3.8) is 0 Å². The minimum Gasteiger partial charge on any atom is -0.348 e. The number of amides is 1. The highest BCUT2D eigenvalue weighted by Crippen LogP contribution is 2.03. The van der Waals surface area contributed by atoms with Crippen molar-refractivity contribution in [3.8, 4) is 0 Å². The molecule has 0 saturated carbocycles. The van der Waals surface area contributed by atoms with Gasteiger partial charge in [-0.15, -0.1) is 0 Å². The molecule has 0 saturated heterocycles. The van der Waals surface area contributed by atoms with Gasteiger partial charge >= 0.3 is 0 Å². The van der Waals surface area contributed by atoms with Gasteiger partial charge in [0.15, 0.2) is 0 Å². The quantitative estimate of drug-likeness (QED) is 0.839. The van der Waals surface area contributed by atoms with Crippen LogP contribution in [-0.2, 0) is 13.5 Å². The third kappa shape index (κ3) is 2.97. The molecule has 1 unspecified atom stereocenters. The average Bonchev–Trinajstić information content (AvgIpc) is 2.87. The van der Waals surface area contributed by atoms with E-state index >= 15 is 0 Å². The number of rotatable bonds is 4. The minimum atomic E-state index is -0.157. The molecule has 2 N–H and O–H groups in total. The number of aromatic nitrogens is 4. The zero-order chi connectivity index (χ0) is 13.1. The summed E-state index contributed by atoms with van der Waals surface area (Å²) in [7, 11) is 1.83. The molecule has 1 atom stereocenters. The van der Waals surface area contributed by atoms with Gasteiger partial charge in [0, 0.05) is 31.4 Å². The number of imidazole rings is 1. The fourth-order valence-electron chi connectivity index (χ4n) is 1.77. The predicted molar refractivity (Wildman–Crippen MR) is 67.2 cm³/mol. The van der Waals surface area contributed by atoms with Crippen LogP contribution in [0, 0.1) is 6.92 Å². The molecular weight excluding hydrogens is 230 g/mol. The number of aryl methyl sites for hydroxylation is 2. The van der Waals surface area contributed by atoms with Crippen molar-refractivity contribution in [2.45, 2.75) is 26.3 Å². The van der Waals surface area contributed by atoms with Crippen LogP contribution in [0.2, 0.25) is 0 Å². The molecule has 0 aliphatic rings. The maximum absolute atomic E-state index is 11.8. The van der Waals surface area contributed by atoms with Crippen molar-refractivity contribution < 1.29 is 4.79 Å². The Morgan fingerprint density at radius 1 is 1.61 bits per heavy atom. The summed E-state index contributed by atoms with van der Waals surface area (Å²) >= 11 is 0. The summed E-state index contributed by atoms with van der Waals surface area (Å²) in [4.78, 5) is 15.9. The van der Waals surface area contributed by atoms with Gasteiger partial charge in [-0.2, -0.15) is 5.10 Å². The Balaban J connectivity index is 1.91. The van der Waals surface area contributed by atoms with Crippen LogP contribution in [0.5, 0.6) is 0 Å². The Morgan fingerprint density at radius 3 is 2.94 bits per heavy atom. The van der Waals surface area contributed by atoms with Crippen LogP contribution in [0.25, 0.3) is 0 Å². The van der Waals surface area contributed by atoms with Gasteiger partial charge in [0.25, 0.3) is 5.91 Å². The lowest BCUT2D eigenvalue weighted by Crippen LogP contribution is -2.34. The zero-order valence-electron chi connectivity index (χ0n) is 10.8. The lowest BCUT2D eigenvalue weighted by molar-refractivity contribution is 0.0935. The standard InChI is InChI=1S/C12H17N5O/c1-8(4-10-5-9(2)15-16-10)14-12(18)11-6-17(3)7-13-11/h5-8H,4H2,1-3H3,(H,14,18)(H,15,16). The molecule has 0 aliphatic heterocycles. The van der Waals surface area contributed by atoms with E-state index in [2.05, 4.69) is 20.5 Å². The van der Waals surface area contributed by atoms with E-state index in [0.29, 0.717) is 12.1 Å². The van der Waals surface area contributed by atoms with Gasteiger partial charge in [-0.25, -0.2) is 4.98 Å². The number of nitrogens with one attached hydrogen (secondary N) is 2. The van der Waals surface area contributed by atoms with Crippen molar-refractivity contribution in [2.24, 2.45) is 7.05 Å². The number of carbonyl (C=O) groups is 1. The van der Waals surface area contributed by atoms with E-state index in [1.807, 2.05) is 27.0 Å². The van der Waals surface area contributed by atoms with Crippen molar-refractivity contribution in [1.82, 2.24) is 25.1 Å². The van der Waals surface area contributed by atoms with Crippen LogP contribution in [0.15, 0.2) is 18.6 Å². The smallest absolute Gasteiger partial charge is 0.271 e. The molecule has 0 aromatic carbocycles. The topological polar surface area (TPSA) is 75.6 Å². The third-order valence-corrected chi connectivity index (χ3v) is 2.59. The summed E-state index contributed by atoms with van der Waals surface area (Å²) < 4.78 is 1.75. The monoisotopic (exact) mass is 247 g/mol. The molecule has 18 heavy (non-hydrogen) atoms. The molecule has 2 aromatic rings. The molecule has 0 aliphatic carbocycles. The average molecular weight is 247 g/mol. The lowest BCUT2D eigenvalue weighted by atomic mass is 10.1. The molecule has 2 rings (SSSR count). The fraction of sp³-hybridized carbons (Fsp3) is 0.417. The molecule has 0 radical (unpaired) electrons. The molecule has 6 nitrogen and oxygen atoms in total. The van der Waals surface area contributed by atoms with Crippen LogP contribution in [-0.4, -0.2) is 31.7 Å². The van der Waals surface area contributed by atoms with Crippen LogP contribution in [0.1, 0.15) is 28.8 Å². The highest BCUT2D eigenvalue weighted by molar-refractivity contribution is 5.92. The molecule has 0 fully saturated rings. The van der Waals surface area contributed by atoms with Crippen LogP contribution < -0.4 is 5.32 Å². The first-order valence-electron chi connectivity index (χ1n) is 5.84. The first-order valence-corrected chi connectivity index (χ1v) is 5.84. The largest absolute Gasteiger partial charge is 0.348 e. The highest BCUT2D eigenvalue weighted by Gasteiger charge is 2.13. The minimum absolute atomic E-state index is 0.0159. The number of hydrogen-bond acceptors (Lipinski definition) is 3. The SMILES string of the molecule is Cc1cc(CC(C)NC(=O)c2cn(C)cn2)n[nH]1. The number of nitrogens with zero attached hydrogens (tertiary/aromatic N) is 3. The second kappa shape index (κ2) is 5.03. The van der Waals surface area contributed by atoms with E-state index in [-0.39, 0.29) is 11.9 Å². The zero-order valence-corrected chi connectivity index (χ0v) is 10.8. The van der Waals surface area contributed by atoms with Crippen LogP contribution in [0.3, 0.4) is 0 Å². The van der Waals surface area contributed by atoms with E-state index in [0.717, 1.165) is 11.4 Å². The summed E-state index contributed by atoms with van der Waals surface area (Å²) in [5, 5.41) is 9.93. The van der Waals surface area contributed by atoms with E-state index in [4.69, 9.17) is 0 Å². The van der Waals surface area contributed by atoms with Gasteiger partial charge in [-0.1, -0.05) is 0 Å². The molecule has 0 spiro atoms.